The molecule has 66 valence electrons. The molecule has 0 saturated carbocycles. The molecule has 2 nitrogen and oxygen atoms in total. The Kier molecular flexibility index (Phi) is 1.88. The number of fused-ring (bicyclic) bond motifs is 1. The fourth-order valence-electron chi connectivity index (χ4n) is 1.36. The summed E-state index contributed by atoms with van der Waals surface area (Å²) in [5.41, 5.74) is 1.05. The molecule has 3 heteroatoms. The van der Waals surface area contributed by atoms with Crippen LogP contribution >= 0.6 is 12.6 Å². The minimum Gasteiger partial charge on any atom is -0.317 e. The SMILES string of the molecule is Cc1ccc2cc(=O)[nH]c(S)c2c1. The molecule has 0 atom stereocenters. The van der Waals surface area contributed by atoms with E-state index in [9.17, 15) is 4.79 Å². The summed E-state index contributed by atoms with van der Waals surface area (Å²) in [4.78, 5) is 13.7. The van der Waals surface area contributed by atoms with Crippen LogP contribution in [0.1, 0.15) is 5.56 Å². The minimum atomic E-state index is -0.110. The van der Waals surface area contributed by atoms with E-state index in [4.69, 9.17) is 0 Å². The van der Waals surface area contributed by atoms with E-state index in [2.05, 4.69) is 17.6 Å². The average molecular weight is 191 g/mol. The van der Waals surface area contributed by atoms with Crippen LogP contribution in [-0.2, 0) is 0 Å². The number of nitrogens with one attached hydrogen (secondary N) is 1. The lowest BCUT2D eigenvalue weighted by atomic mass is 10.1. The van der Waals surface area contributed by atoms with E-state index >= 15 is 0 Å². The van der Waals surface area contributed by atoms with Crippen LogP contribution in [0.25, 0.3) is 10.8 Å². The second-order valence-corrected chi connectivity index (χ2v) is 3.52. The maximum absolute atomic E-state index is 11.1. The second kappa shape index (κ2) is 2.92. The average Bonchev–Trinajstić information content (AvgIpc) is 2.06. The van der Waals surface area contributed by atoms with Crippen molar-refractivity contribution in [3.05, 3.63) is 40.2 Å². The third kappa shape index (κ3) is 1.47. The largest absolute Gasteiger partial charge is 0.317 e. The van der Waals surface area contributed by atoms with Crippen molar-refractivity contribution in [1.82, 2.24) is 4.98 Å². The van der Waals surface area contributed by atoms with Crippen LogP contribution in [0.4, 0.5) is 0 Å². The number of rotatable bonds is 0. The van der Waals surface area contributed by atoms with Gasteiger partial charge in [-0.3, -0.25) is 4.79 Å². The van der Waals surface area contributed by atoms with E-state index in [1.807, 2.05) is 25.1 Å². The van der Waals surface area contributed by atoms with Crippen LogP contribution in [0.3, 0.4) is 0 Å². The molecule has 0 radical (unpaired) electrons. The van der Waals surface area contributed by atoms with Gasteiger partial charge in [0.15, 0.2) is 0 Å². The zero-order valence-corrected chi connectivity index (χ0v) is 8.06. The number of pyridine rings is 1. The highest BCUT2D eigenvalue weighted by atomic mass is 32.1. The summed E-state index contributed by atoms with van der Waals surface area (Å²) in [5.74, 6) is 0. The molecule has 1 aromatic carbocycles. The smallest absolute Gasteiger partial charge is 0.249 e. The summed E-state index contributed by atoms with van der Waals surface area (Å²) < 4.78 is 0. The third-order valence-electron chi connectivity index (χ3n) is 1.99. The van der Waals surface area contributed by atoms with Gasteiger partial charge in [-0.25, -0.2) is 0 Å². The first kappa shape index (κ1) is 8.38. The molecule has 0 spiro atoms. The lowest BCUT2D eigenvalue weighted by molar-refractivity contribution is 1.12. The van der Waals surface area contributed by atoms with Gasteiger partial charge in [0.2, 0.25) is 5.56 Å². The fraction of sp³-hybridized carbons (Fsp3) is 0.100. The van der Waals surface area contributed by atoms with Gasteiger partial charge in [0.05, 0.1) is 5.03 Å². The standard InChI is InChI=1S/C10H9NOS/c1-6-2-3-7-5-9(12)11-10(13)8(7)4-6/h2-5H,1H3,(H2,11,12,13). The Morgan fingerprint density at radius 3 is 2.85 bits per heavy atom. The summed E-state index contributed by atoms with van der Waals surface area (Å²) in [6.45, 7) is 2.01. The number of aromatic amines is 1. The zero-order chi connectivity index (χ0) is 9.42. The topological polar surface area (TPSA) is 32.9 Å². The van der Waals surface area contributed by atoms with Gasteiger partial charge in [-0.2, -0.15) is 0 Å². The monoisotopic (exact) mass is 191 g/mol. The highest BCUT2D eigenvalue weighted by Crippen LogP contribution is 2.18. The number of benzene rings is 1. The summed E-state index contributed by atoms with van der Waals surface area (Å²) in [6.07, 6.45) is 0. The number of hydrogen-bond donors (Lipinski definition) is 2. The molecular weight excluding hydrogens is 182 g/mol. The Balaban J connectivity index is 2.95. The van der Waals surface area contributed by atoms with Crippen molar-refractivity contribution in [2.45, 2.75) is 11.9 Å². The van der Waals surface area contributed by atoms with Crippen LogP contribution in [0, 0.1) is 6.92 Å². The predicted octanol–water partition coefficient (Wildman–Crippen LogP) is 2.13. The van der Waals surface area contributed by atoms with Crippen molar-refractivity contribution in [2.24, 2.45) is 0 Å². The molecular formula is C10H9NOS. The molecule has 0 aliphatic rings. The second-order valence-electron chi connectivity index (χ2n) is 3.07. The molecule has 13 heavy (non-hydrogen) atoms. The van der Waals surface area contributed by atoms with Gasteiger partial charge in [-0.15, -0.1) is 12.6 Å². The van der Waals surface area contributed by atoms with E-state index in [-0.39, 0.29) is 5.56 Å². The van der Waals surface area contributed by atoms with Gasteiger partial charge in [-0.1, -0.05) is 17.7 Å². The molecule has 0 saturated heterocycles. The van der Waals surface area contributed by atoms with E-state index in [1.54, 1.807) is 6.07 Å². The quantitative estimate of drug-likeness (QED) is 0.614. The highest BCUT2D eigenvalue weighted by molar-refractivity contribution is 7.80. The van der Waals surface area contributed by atoms with Crippen LogP contribution < -0.4 is 5.56 Å². The van der Waals surface area contributed by atoms with Gasteiger partial charge < -0.3 is 4.98 Å². The zero-order valence-electron chi connectivity index (χ0n) is 7.16. The van der Waals surface area contributed by atoms with E-state index in [0.29, 0.717) is 5.03 Å². The Hall–Kier alpha value is -1.22. The Morgan fingerprint density at radius 2 is 2.08 bits per heavy atom. The molecule has 1 heterocycles. The van der Waals surface area contributed by atoms with Gasteiger partial charge in [-0.05, 0) is 18.4 Å². The minimum absolute atomic E-state index is 0.110. The number of aryl methyl sites for hydroxylation is 1. The maximum atomic E-state index is 11.1. The van der Waals surface area contributed by atoms with Crippen LogP contribution in [0.5, 0.6) is 0 Å². The maximum Gasteiger partial charge on any atom is 0.249 e. The highest BCUT2D eigenvalue weighted by Gasteiger charge is 1.99. The summed E-state index contributed by atoms with van der Waals surface area (Å²) in [7, 11) is 0. The lowest BCUT2D eigenvalue weighted by Crippen LogP contribution is -2.03. The van der Waals surface area contributed by atoms with Crippen LogP contribution in [0.15, 0.2) is 34.1 Å². The number of thiol groups is 1. The van der Waals surface area contributed by atoms with Gasteiger partial charge in [0, 0.05) is 11.5 Å². The van der Waals surface area contributed by atoms with E-state index < -0.39 is 0 Å². The molecule has 0 fully saturated rings. The molecule has 2 rings (SSSR count). The number of hydrogen-bond acceptors (Lipinski definition) is 2. The third-order valence-corrected chi connectivity index (χ3v) is 2.34. The molecule has 0 aliphatic carbocycles. The van der Waals surface area contributed by atoms with E-state index in [1.165, 1.54) is 0 Å². The first-order valence-corrected chi connectivity index (χ1v) is 4.44. The normalized spacial score (nSPS) is 10.6. The van der Waals surface area contributed by atoms with Crippen molar-refractivity contribution < 1.29 is 0 Å². The summed E-state index contributed by atoms with van der Waals surface area (Å²) in [5, 5.41) is 2.55. The van der Waals surface area contributed by atoms with Crippen molar-refractivity contribution in [1.29, 1.82) is 0 Å². The van der Waals surface area contributed by atoms with Gasteiger partial charge in [0.1, 0.15) is 0 Å². The molecule has 0 amide bonds. The fourth-order valence-corrected chi connectivity index (χ4v) is 1.67. The Bertz CT molecular complexity index is 516. The number of H-pyrrole nitrogens is 1. The van der Waals surface area contributed by atoms with Crippen molar-refractivity contribution >= 4 is 23.4 Å². The van der Waals surface area contributed by atoms with Crippen LogP contribution in [-0.4, -0.2) is 4.98 Å². The lowest BCUT2D eigenvalue weighted by Gasteiger charge is -2.01. The molecule has 0 unspecified atom stereocenters. The molecule has 0 aliphatic heterocycles. The van der Waals surface area contributed by atoms with Crippen LogP contribution in [0.2, 0.25) is 0 Å². The number of aromatic nitrogens is 1. The summed E-state index contributed by atoms with van der Waals surface area (Å²) >= 11 is 4.21. The Labute approximate surface area is 81.0 Å². The summed E-state index contributed by atoms with van der Waals surface area (Å²) in [6, 6.07) is 7.50. The molecule has 1 N–H and O–H groups in total. The van der Waals surface area contributed by atoms with Gasteiger partial charge >= 0.3 is 0 Å². The van der Waals surface area contributed by atoms with Crippen molar-refractivity contribution in [3.8, 4) is 0 Å². The molecule has 1 aromatic heterocycles. The van der Waals surface area contributed by atoms with E-state index in [0.717, 1.165) is 16.3 Å². The van der Waals surface area contributed by atoms with Gasteiger partial charge in [0.25, 0.3) is 0 Å². The van der Waals surface area contributed by atoms with Crippen molar-refractivity contribution in [2.75, 3.05) is 0 Å². The molecule has 0 bridgehead atoms. The first-order valence-electron chi connectivity index (χ1n) is 3.99. The molecule has 2 aromatic rings. The van der Waals surface area contributed by atoms with Crippen molar-refractivity contribution in [3.63, 3.8) is 0 Å². The Morgan fingerprint density at radius 1 is 1.31 bits per heavy atom. The first-order chi connectivity index (χ1) is 6.16. The predicted molar refractivity (Wildman–Crippen MR) is 56.6 cm³/mol.